The summed E-state index contributed by atoms with van der Waals surface area (Å²) in [5, 5.41) is 0. The van der Waals surface area contributed by atoms with Gasteiger partial charge in [0.2, 0.25) is 0 Å². The van der Waals surface area contributed by atoms with Gasteiger partial charge in [-0.3, -0.25) is 4.90 Å². The van der Waals surface area contributed by atoms with Crippen LogP contribution in [0.2, 0.25) is 0 Å². The monoisotopic (exact) mass is 896 g/mol. The number of nitrogens with zero attached hydrogens (tertiary/aromatic N) is 1. The number of hydrogen-bond acceptors (Lipinski definition) is 6. The van der Waals surface area contributed by atoms with E-state index in [1.807, 2.05) is 21.0 Å². The number of unbranched alkanes of at least 4 members (excludes halogenated alkanes) is 10. The number of allylic oxidation sites excluding steroid dienone is 5. The first-order valence-electron chi connectivity index (χ1n) is 27.9. The van der Waals surface area contributed by atoms with Crippen LogP contribution in [0.25, 0.3) is 0 Å². The molecule has 6 heteroatoms. The van der Waals surface area contributed by atoms with Crippen molar-refractivity contribution in [1.29, 1.82) is 0 Å². The van der Waals surface area contributed by atoms with Crippen molar-refractivity contribution >= 4 is 0 Å². The molecular weight excluding hydrogens is 791 g/mol. The number of hydrogen-bond donors (Lipinski definition) is 0. The van der Waals surface area contributed by atoms with Gasteiger partial charge < -0.3 is 23.7 Å². The molecule has 3 saturated carbocycles. The third-order valence-corrected chi connectivity index (χ3v) is 16.8. The molecule has 0 aromatic rings. The summed E-state index contributed by atoms with van der Waals surface area (Å²) in [5.74, 6) is 4.54. The molecule has 0 N–H and O–H groups in total. The molecular formula is C58H105NO5. The van der Waals surface area contributed by atoms with Gasteiger partial charge in [-0.25, -0.2) is 0 Å². The summed E-state index contributed by atoms with van der Waals surface area (Å²) in [6.45, 7) is 23.3. The summed E-state index contributed by atoms with van der Waals surface area (Å²) in [6.07, 6.45) is 45.7. The lowest BCUT2D eigenvalue weighted by atomic mass is 9.47. The summed E-state index contributed by atoms with van der Waals surface area (Å²) < 4.78 is 30.8. The fourth-order valence-electron chi connectivity index (χ4n) is 12.9. The molecule has 0 radical (unpaired) electrons. The number of likely N-dealkylation sites (tertiary alicyclic amines) is 1. The van der Waals surface area contributed by atoms with E-state index in [-0.39, 0.29) is 6.10 Å². The lowest BCUT2D eigenvalue weighted by Crippen LogP contribution is -2.50. The number of fused-ring (bicyclic) bond motifs is 5. The van der Waals surface area contributed by atoms with Crippen LogP contribution in [0.4, 0.5) is 0 Å². The Morgan fingerprint density at radius 2 is 1.48 bits per heavy atom. The topological polar surface area (TPSA) is 49.4 Å². The molecule has 1 heterocycles. The van der Waals surface area contributed by atoms with E-state index in [2.05, 4.69) is 69.9 Å². The molecule has 5 aliphatic rings. The molecule has 6 nitrogen and oxygen atoms in total. The molecule has 0 amide bonds. The maximum Gasteiger partial charge on any atom is 0.0936 e. The Labute approximate surface area is 397 Å². The zero-order valence-corrected chi connectivity index (χ0v) is 43.5. The summed E-state index contributed by atoms with van der Waals surface area (Å²) in [7, 11) is 1.83. The highest BCUT2D eigenvalue weighted by Gasteiger charge is 2.58. The van der Waals surface area contributed by atoms with Crippen LogP contribution < -0.4 is 0 Å². The quantitative estimate of drug-likeness (QED) is 0.0483. The Morgan fingerprint density at radius 1 is 0.734 bits per heavy atom. The smallest absolute Gasteiger partial charge is 0.0936 e. The summed E-state index contributed by atoms with van der Waals surface area (Å²) in [6, 6.07) is 0. The van der Waals surface area contributed by atoms with Crippen molar-refractivity contribution in [2.24, 2.45) is 40.4 Å². The van der Waals surface area contributed by atoms with Crippen LogP contribution in [-0.4, -0.2) is 89.6 Å². The first-order valence-corrected chi connectivity index (χ1v) is 27.9. The van der Waals surface area contributed by atoms with Gasteiger partial charge in [-0.05, 0) is 143 Å². The Balaban J connectivity index is 0.00000442. The summed E-state index contributed by atoms with van der Waals surface area (Å²) in [4.78, 5) is 2.47. The minimum atomic E-state index is 0.0579. The zero-order chi connectivity index (χ0) is 45.9. The molecule has 0 spiro atoms. The minimum absolute atomic E-state index is 0.0579. The number of ether oxygens (including phenoxy) is 5. The van der Waals surface area contributed by atoms with Crippen molar-refractivity contribution in [2.75, 3.05) is 66.4 Å². The molecule has 4 aliphatic carbocycles. The third kappa shape index (κ3) is 18.5. The summed E-state index contributed by atoms with van der Waals surface area (Å²) >= 11 is 0. The molecule has 5 rings (SSSR count). The lowest BCUT2D eigenvalue weighted by molar-refractivity contribution is -0.0708. The minimum Gasteiger partial charge on any atom is -0.380 e. The van der Waals surface area contributed by atoms with Crippen molar-refractivity contribution in [1.82, 2.24) is 4.90 Å². The third-order valence-electron chi connectivity index (χ3n) is 16.8. The molecule has 0 aromatic carbocycles. The Kier molecular flexibility index (Phi) is 27.7. The van der Waals surface area contributed by atoms with Crippen molar-refractivity contribution in [2.45, 2.75) is 227 Å². The van der Waals surface area contributed by atoms with Crippen molar-refractivity contribution in [3.8, 4) is 0 Å². The average molecular weight is 896 g/mol. The average Bonchev–Trinajstić information content (AvgIpc) is 3.90. The Hall–Kier alpha value is -1.02. The fourth-order valence-corrected chi connectivity index (χ4v) is 12.9. The van der Waals surface area contributed by atoms with Crippen LogP contribution in [-0.2, 0) is 23.7 Å². The van der Waals surface area contributed by atoms with Crippen LogP contribution in [0.5, 0.6) is 0 Å². The fraction of sp³-hybridized carbons (Fsp3) is 0.897. The molecule has 7 unspecified atom stereocenters. The maximum atomic E-state index is 6.51. The second-order valence-electron chi connectivity index (χ2n) is 21.7. The van der Waals surface area contributed by atoms with Crippen LogP contribution in [0.3, 0.4) is 0 Å². The first kappa shape index (κ1) is 55.6. The van der Waals surface area contributed by atoms with Gasteiger partial charge in [-0.1, -0.05) is 142 Å². The van der Waals surface area contributed by atoms with Gasteiger partial charge in [-0.2, -0.15) is 0 Å². The van der Waals surface area contributed by atoms with Gasteiger partial charge in [0.1, 0.15) is 0 Å². The first-order chi connectivity index (χ1) is 31.3. The largest absolute Gasteiger partial charge is 0.380 e. The van der Waals surface area contributed by atoms with Gasteiger partial charge in [0, 0.05) is 33.4 Å². The molecule has 9 atom stereocenters. The second kappa shape index (κ2) is 31.9. The summed E-state index contributed by atoms with van der Waals surface area (Å²) in [5.41, 5.74) is 2.70. The van der Waals surface area contributed by atoms with Gasteiger partial charge in [0.15, 0.2) is 0 Å². The molecule has 4 fully saturated rings. The molecule has 0 aromatic heterocycles. The molecule has 372 valence electrons. The number of methoxy groups -OCH3 is 1. The van der Waals surface area contributed by atoms with E-state index in [4.69, 9.17) is 23.7 Å². The molecule has 1 aliphatic heterocycles. The van der Waals surface area contributed by atoms with E-state index in [9.17, 15) is 0 Å². The van der Waals surface area contributed by atoms with Crippen LogP contribution in [0, 0.1) is 40.4 Å². The van der Waals surface area contributed by atoms with Crippen molar-refractivity contribution in [3.05, 3.63) is 36.0 Å². The zero-order valence-electron chi connectivity index (χ0n) is 43.5. The Bertz CT molecular complexity index is 1280. The van der Waals surface area contributed by atoms with E-state index in [0.717, 1.165) is 81.5 Å². The van der Waals surface area contributed by atoms with Gasteiger partial charge >= 0.3 is 0 Å². The van der Waals surface area contributed by atoms with Crippen LogP contribution in [0.1, 0.15) is 209 Å². The van der Waals surface area contributed by atoms with Crippen molar-refractivity contribution < 1.29 is 23.7 Å². The van der Waals surface area contributed by atoms with Crippen LogP contribution in [0.15, 0.2) is 36.0 Å². The normalized spacial score (nSPS) is 29.8. The molecule has 0 bridgehead atoms. The van der Waals surface area contributed by atoms with E-state index in [1.54, 1.807) is 5.57 Å². The maximum absolute atomic E-state index is 6.51. The highest BCUT2D eigenvalue weighted by molar-refractivity contribution is 5.25. The van der Waals surface area contributed by atoms with E-state index >= 15 is 0 Å². The highest BCUT2D eigenvalue weighted by Crippen LogP contribution is 2.67. The van der Waals surface area contributed by atoms with Gasteiger partial charge in [-0.15, -0.1) is 0 Å². The van der Waals surface area contributed by atoms with Gasteiger partial charge in [0.25, 0.3) is 0 Å². The van der Waals surface area contributed by atoms with E-state index in [0.29, 0.717) is 56.1 Å². The molecule has 64 heavy (non-hydrogen) atoms. The highest BCUT2D eigenvalue weighted by atomic mass is 16.6. The second-order valence-corrected chi connectivity index (χ2v) is 21.7. The van der Waals surface area contributed by atoms with E-state index < -0.39 is 0 Å². The SMILES string of the molecule is CC.CCCCC/C=C\C/C=C\CCCCCCCCOCC(CN1CCC(OC)C1)OCCOCCOC1CC[C@@]2(C)C(=CCC3C4CCC(CCCCC(C)C)[C@@]4(C)CCC32)C1. The van der Waals surface area contributed by atoms with E-state index in [1.165, 1.54) is 135 Å². The predicted molar refractivity (Wildman–Crippen MR) is 272 cm³/mol. The van der Waals surface area contributed by atoms with Gasteiger partial charge in [0.05, 0.1) is 51.3 Å². The Morgan fingerprint density at radius 3 is 2.23 bits per heavy atom. The standard InChI is InChI=1S/C56H99NO5.C2H6/c1-7-8-9-10-11-12-13-14-15-16-17-18-19-20-21-24-37-60-45-51(44-57-36-33-50(43-57)58-6)62-41-39-59-38-40-61-49-31-34-56(5)48(42-49)27-29-52-53-30-28-47(26-23-22-25-46(2)3)55(53,4)35-32-54(52)56;1-2/h11-12,14-15,27,46-47,49-54H,7-10,13,16-26,28-45H2,1-6H3;1-2H3/b12-11-,15-14-;/t47?,49?,50?,51?,52?,53?,54?,55-,56+;/m1./s1. The predicted octanol–water partition coefficient (Wildman–Crippen LogP) is 15.1. The number of rotatable bonds is 33. The van der Waals surface area contributed by atoms with Crippen LogP contribution >= 0.6 is 0 Å². The van der Waals surface area contributed by atoms with Crippen molar-refractivity contribution in [3.63, 3.8) is 0 Å². The molecule has 1 saturated heterocycles. The lowest BCUT2D eigenvalue weighted by Gasteiger charge is -2.58.